The number of halogens is 2. The van der Waals surface area contributed by atoms with Crippen LogP contribution in [0.1, 0.15) is 32.6 Å². The molecule has 5 heteroatoms. The van der Waals surface area contributed by atoms with Crippen molar-refractivity contribution >= 4 is 54.4 Å². The zero-order valence-electron chi connectivity index (χ0n) is 17.8. The van der Waals surface area contributed by atoms with Crippen molar-refractivity contribution in [2.75, 3.05) is 5.32 Å². The number of amides is 1. The van der Waals surface area contributed by atoms with Crippen LogP contribution in [-0.4, -0.2) is 10.9 Å². The molecule has 1 heterocycles. The smallest absolute Gasteiger partial charge is 0.256 e. The molecule has 0 unspecified atom stereocenters. The van der Waals surface area contributed by atoms with E-state index in [1.807, 2.05) is 63.2 Å². The number of aryl methyl sites for hydroxylation is 2. The number of hydrogen-bond acceptors (Lipinski definition) is 2. The van der Waals surface area contributed by atoms with E-state index in [-0.39, 0.29) is 5.91 Å². The molecular weight excluding hydrogens is 516 g/mol. The van der Waals surface area contributed by atoms with Crippen molar-refractivity contribution < 1.29 is 4.79 Å². The predicted molar refractivity (Wildman–Crippen MR) is 136 cm³/mol. The summed E-state index contributed by atoms with van der Waals surface area (Å²) >= 11 is 7.12. The minimum Gasteiger partial charge on any atom is -0.322 e. The molecule has 1 amide bonds. The Kier molecular flexibility index (Phi) is 6.00. The van der Waals surface area contributed by atoms with Gasteiger partial charge in [0.05, 0.1) is 16.8 Å². The molecule has 0 bridgehead atoms. The first-order valence-corrected chi connectivity index (χ1v) is 11.6. The molecule has 0 saturated heterocycles. The van der Waals surface area contributed by atoms with Crippen LogP contribution in [-0.2, 0) is 0 Å². The topological polar surface area (TPSA) is 42.0 Å². The fraction of sp³-hybridized carbons (Fsp3) is 0.154. The molecule has 4 rings (SSSR count). The number of carbonyl (C=O) groups excluding carboxylic acids is 1. The molecule has 0 saturated carbocycles. The van der Waals surface area contributed by atoms with Crippen LogP contribution in [0.2, 0.25) is 0 Å². The van der Waals surface area contributed by atoms with Gasteiger partial charge in [0.15, 0.2) is 0 Å². The summed E-state index contributed by atoms with van der Waals surface area (Å²) in [4.78, 5) is 18.4. The molecule has 0 atom stereocenters. The second-order valence-electron chi connectivity index (χ2n) is 7.84. The number of aromatic nitrogens is 1. The van der Waals surface area contributed by atoms with E-state index in [0.29, 0.717) is 5.56 Å². The molecule has 31 heavy (non-hydrogen) atoms. The fourth-order valence-electron chi connectivity index (χ4n) is 3.63. The van der Waals surface area contributed by atoms with Crippen molar-refractivity contribution in [2.45, 2.75) is 27.7 Å². The molecule has 4 aromatic rings. The second-order valence-corrected chi connectivity index (χ2v) is 9.61. The van der Waals surface area contributed by atoms with Gasteiger partial charge in [-0.05, 0) is 74.7 Å². The van der Waals surface area contributed by atoms with Crippen molar-refractivity contribution in [1.29, 1.82) is 0 Å². The molecule has 0 fully saturated rings. The van der Waals surface area contributed by atoms with Crippen LogP contribution in [0, 0.1) is 27.7 Å². The van der Waals surface area contributed by atoms with E-state index in [0.717, 1.165) is 53.5 Å². The molecule has 156 valence electrons. The van der Waals surface area contributed by atoms with E-state index in [4.69, 9.17) is 4.98 Å². The van der Waals surface area contributed by atoms with E-state index >= 15 is 0 Å². The molecule has 0 spiro atoms. The van der Waals surface area contributed by atoms with Gasteiger partial charge >= 0.3 is 0 Å². The lowest BCUT2D eigenvalue weighted by molar-refractivity contribution is 0.102. The quantitative estimate of drug-likeness (QED) is 0.288. The Morgan fingerprint density at radius 1 is 0.871 bits per heavy atom. The van der Waals surface area contributed by atoms with Gasteiger partial charge in [0.1, 0.15) is 0 Å². The van der Waals surface area contributed by atoms with Crippen molar-refractivity contribution in [3.8, 4) is 11.3 Å². The molecule has 0 radical (unpaired) electrons. The van der Waals surface area contributed by atoms with Crippen LogP contribution in [0.4, 0.5) is 5.69 Å². The molecular formula is C26H22Br2N2O. The summed E-state index contributed by atoms with van der Waals surface area (Å²) in [5, 5.41) is 3.94. The number of nitrogens with zero attached hydrogens (tertiary/aromatic N) is 1. The lowest BCUT2D eigenvalue weighted by Gasteiger charge is -2.15. The van der Waals surface area contributed by atoms with Gasteiger partial charge in [0.25, 0.3) is 5.91 Å². The van der Waals surface area contributed by atoms with Gasteiger partial charge in [-0.15, -0.1) is 0 Å². The van der Waals surface area contributed by atoms with Crippen LogP contribution in [0.15, 0.2) is 63.5 Å². The minimum atomic E-state index is -0.150. The lowest BCUT2D eigenvalue weighted by atomic mass is 10.0. The Morgan fingerprint density at radius 3 is 2.29 bits per heavy atom. The van der Waals surface area contributed by atoms with Crippen molar-refractivity contribution in [2.24, 2.45) is 0 Å². The van der Waals surface area contributed by atoms with Gasteiger partial charge in [-0.3, -0.25) is 4.79 Å². The van der Waals surface area contributed by atoms with Gasteiger partial charge < -0.3 is 5.32 Å². The molecule has 3 aromatic carbocycles. The highest BCUT2D eigenvalue weighted by molar-refractivity contribution is 9.10. The first kappa shape index (κ1) is 21.7. The Balaban J connectivity index is 1.88. The van der Waals surface area contributed by atoms with Gasteiger partial charge in [-0.25, -0.2) is 4.98 Å². The maximum absolute atomic E-state index is 13.5. The minimum absolute atomic E-state index is 0.150. The van der Waals surface area contributed by atoms with E-state index < -0.39 is 0 Å². The zero-order chi connectivity index (χ0) is 22.3. The molecule has 3 nitrogen and oxygen atoms in total. The SMILES string of the molecule is Cc1ccc(-c2cc(C(=O)Nc3ccc(Br)c(C)c3C)c3cc(Br)cc(C)c3n2)cc1. The molecule has 1 aromatic heterocycles. The third-order valence-corrected chi connectivity index (χ3v) is 6.95. The summed E-state index contributed by atoms with van der Waals surface area (Å²) in [5.41, 5.74) is 8.35. The highest BCUT2D eigenvalue weighted by Crippen LogP contribution is 2.31. The van der Waals surface area contributed by atoms with Gasteiger partial charge in [0, 0.05) is 25.6 Å². The van der Waals surface area contributed by atoms with E-state index in [2.05, 4.69) is 56.2 Å². The molecule has 0 aliphatic heterocycles. The third-order valence-electron chi connectivity index (χ3n) is 5.63. The Labute approximate surface area is 199 Å². The Morgan fingerprint density at radius 2 is 1.58 bits per heavy atom. The maximum atomic E-state index is 13.5. The molecule has 0 aliphatic rings. The van der Waals surface area contributed by atoms with Crippen LogP contribution >= 0.6 is 31.9 Å². The predicted octanol–water partition coefficient (Wildman–Crippen LogP) is 7.91. The third kappa shape index (κ3) is 4.30. The summed E-state index contributed by atoms with van der Waals surface area (Å²) in [6.07, 6.45) is 0. The lowest BCUT2D eigenvalue weighted by Crippen LogP contribution is -2.14. The maximum Gasteiger partial charge on any atom is 0.256 e. The summed E-state index contributed by atoms with van der Waals surface area (Å²) in [6.45, 7) is 8.12. The molecule has 1 N–H and O–H groups in total. The van der Waals surface area contributed by atoms with Crippen molar-refractivity contribution in [1.82, 2.24) is 4.98 Å². The largest absolute Gasteiger partial charge is 0.322 e. The van der Waals surface area contributed by atoms with Crippen LogP contribution < -0.4 is 5.32 Å². The number of anilines is 1. The highest BCUT2D eigenvalue weighted by atomic mass is 79.9. The Bertz CT molecular complexity index is 1330. The fourth-order valence-corrected chi connectivity index (χ4v) is 4.63. The number of benzene rings is 3. The van der Waals surface area contributed by atoms with Crippen LogP contribution in [0.5, 0.6) is 0 Å². The van der Waals surface area contributed by atoms with Gasteiger partial charge in [-0.2, -0.15) is 0 Å². The highest BCUT2D eigenvalue weighted by Gasteiger charge is 2.17. The molecule has 0 aliphatic carbocycles. The number of hydrogen-bond donors (Lipinski definition) is 1. The number of pyridine rings is 1. The standard InChI is InChI=1S/C26H22Br2N2O/c1-14-5-7-18(8-6-14)24-13-21(20-12-19(27)11-15(2)25(20)29-24)26(31)30-23-10-9-22(28)16(3)17(23)4/h5-13H,1-4H3,(H,30,31). The second kappa shape index (κ2) is 8.56. The first-order valence-electron chi connectivity index (χ1n) is 9.99. The normalized spacial score (nSPS) is 11.0. The summed E-state index contributed by atoms with van der Waals surface area (Å²) in [5.74, 6) is -0.150. The van der Waals surface area contributed by atoms with Gasteiger partial charge in [-0.1, -0.05) is 61.7 Å². The van der Waals surface area contributed by atoms with Crippen LogP contribution in [0.3, 0.4) is 0 Å². The van der Waals surface area contributed by atoms with E-state index in [1.54, 1.807) is 0 Å². The monoisotopic (exact) mass is 536 g/mol. The van der Waals surface area contributed by atoms with E-state index in [9.17, 15) is 4.79 Å². The number of nitrogens with one attached hydrogen (secondary N) is 1. The van der Waals surface area contributed by atoms with Gasteiger partial charge in [0.2, 0.25) is 0 Å². The van der Waals surface area contributed by atoms with Crippen LogP contribution in [0.25, 0.3) is 22.2 Å². The Hall–Kier alpha value is -2.50. The number of fused-ring (bicyclic) bond motifs is 1. The summed E-state index contributed by atoms with van der Waals surface area (Å²) < 4.78 is 1.95. The first-order chi connectivity index (χ1) is 14.7. The number of carbonyl (C=O) groups is 1. The summed E-state index contributed by atoms with van der Waals surface area (Å²) in [6, 6.07) is 18.0. The number of rotatable bonds is 3. The van der Waals surface area contributed by atoms with Crippen molar-refractivity contribution in [3.05, 3.63) is 91.4 Å². The van der Waals surface area contributed by atoms with E-state index in [1.165, 1.54) is 5.56 Å². The average Bonchev–Trinajstić information content (AvgIpc) is 2.74. The average molecular weight is 538 g/mol. The zero-order valence-corrected chi connectivity index (χ0v) is 21.0. The summed E-state index contributed by atoms with van der Waals surface area (Å²) in [7, 11) is 0. The van der Waals surface area contributed by atoms with Crippen molar-refractivity contribution in [3.63, 3.8) is 0 Å².